The van der Waals surface area contributed by atoms with Crippen LogP contribution in [-0.2, 0) is 0 Å². The number of rotatable bonds is 5. The van der Waals surface area contributed by atoms with Crippen LogP contribution in [0.15, 0.2) is 60.7 Å². The van der Waals surface area contributed by atoms with E-state index in [1.54, 1.807) is 35.6 Å². The third-order valence-electron chi connectivity index (χ3n) is 5.42. The number of fused-ring (bicyclic) bond motifs is 5. The summed E-state index contributed by atoms with van der Waals surface area (Å²) in [5, 5.41) is 21.0. The molecule has 1 aliphatic rings. The molecule has 5 rings (SSSR count). The Labute approximate surface area is 184 Å². The molecule has 1 unspecified atom stereocenters. The lowest BCUT2D eigenvalue weighted by atomic mass is 9.93. The Bertz CT molecular complexity index is 1250. The van der Waals surface area contributed by atoms with Crippen LogP contribution in [0.25, 0.3) is 20.5 Å². The average Bonchev–Trinajstić information content (AvgIpc) is 3.11. The van der Waals surface area contributed by atoms with Gasteiger partial charge in [-0.15, -0.1) is 11.3 Å². The third kappa shape index (κ3) is 3.69. The Balaban J connectivity index is 1.56. The van der Waals surface area contributed by atoms with E-state index in [9.17, 15) is 10.2 Å². The Morgan fingerprint density at radius 2 is 1.71 bits per heavy atom. The van der Waals surface area contributed by atoms with Gasteiger partial charge in [0.15, 0.2) is 6.10 Å². The monoisotopic (exact) mass is 433 g/mol. The fraction of sp³-hybridized carbons (Fsp3) is 0.200. The van der Waals surface area contributed by atoms with Crippen molar-refractivity contribution in [3.63, 3.8) is 0 Å². The molecule has 2 N–H and O–H groups in total. The van der Waals surface area contributed by atoms with Crippen molar-refractivity contribution in [3.8, 4) is 33.4 Å². The first-order valence-electron chi connectivity index (χ1n) is 10.1. The van der Waals surface area contributed by atoms with Crippen LogP contribution in [0, 0.1) is 0 Å². The van der Waals surface area contributed by atoms with Gasteiger partial charge in [-0.3, -0.25) is 0 Å². The summed E-state index contributed by atoms with van der Waals surface area (Å²) in [5.41, 5.74) is 3.04. The Morgan fingerprint density at radius 1 is 0.968 bits per heavy atom. The summed E-state index contributed by atoms with van der Waals surface area (Å²) in [5.74, 6) is 1.89. The Kier molecular flexibility index (Phi) is 4.96. The molecule has 0 fully saturated rings. The average molecular weight is 434 g/mol. The topological polar surface area (TPSA) is 62.2 Å². The number of nitrogens with zero attached hydrogens (tertiary/aromatic N) is 1. The van der Waals surface area contributed by atoms with E-state index in [2.05, 4.69) is 4.90 Å². The highest BCUT2D eigenvalue weighted by Crippen LogP contribution is 2.52. The van der Waals surface area contributed by atoms with Crippen LogP contribution in [0.1, 0.15) is 17.2 Å². The highest BCUT2D eigenvalue weighted by molar-refractivity contribution is 7.22. The standard InChI is InChI=1S/C25H23NO4S/c1-26(2)11-12-29-18-7-3-15(4-8-18)24-23-20-10-6-17(28)14-22(20)31-25(23)19-9-5-16(27)13-21(19)30-24/h3-10,13-14,24,27-28H,11-12H2,1-2H3. The molecule has 0 radical (unpaired) electrons. The minimum atomic E-state index is -0.321. The van der Waals surface area contributed by atoms with Gasteiger partial charge in [0.2, 0.25) is 0 Å². The van der Waals surface area contributed by atoms with Gasteiger partial charge in [0.1, 0.15) is 29.6 Å². The molecule has 1 aliphatic heterocycles. The molecule has 3 aromatic carbocycles. The maximum atomic E-state index is 10.00. The minimum Gasteiger partial charge on any atom is -0.508 e. The van der Waals surface area contributed by atoms with Crippen molar-refractivity contribution in [2.45, 2.75) is 6.10 Å². The predicted octanol–water partition coefficient (Wildman–Crippen LogP) is 5.40. The van der Waals surface area contributed by atoms with Crippen LogP contribution in [0.3, 0.4) is 0 Å². The zero-order valence-electron chi connectivity index (χ0n) is 17.3. The summed E-state index contributed by atoms with van der Waals surface area (Å²) in [6, 6.07) is 18.6. The first-order chi connectivity index (χ1) is 15.0. The Hall–Kier alpha value is -3.22. The summed E-state index contributed by atoms with van der Waals surface area (Å²) < 4.78 is 13.2. The van der Waals surface area contributed by atoms with Crippen LogP contribution in [0.4, 0.5) is 0 Å². The van der Waals surface area contributed by atoms with Crippen molar-refractivity contribution in [1.29, 1.82) is 0 Å². The first kappa shape index (κ1) is 19.7. The van der Waals surface area contributed by atoms with E-state index >= 15 is 0 Å². The van der Waals surface area contributed by atoms with Crippen molar-refractivity contribution in [2.75, 3.05) is 27.2 Å². The highest BCUT2D eigenvalue weighted by Gasteiger charge is 2.31. The van der Waals surface area contributed by atoms with Crippen molar-refractivity contribution in [3.05, 3.63) is 71.8 Å². The number of phenols is 2. The van der Waals surface area contributed by atoms with Gasteiger partial charge >= 0.3 is 0 Å². The second kappa shape index (κ2) is 7.80. The Morgan fingerprint density at radius 3 is 2.48 bits per heavy atom. The second-order valence-electron chi connectivity index (χ2n) is 7.92. The molecule has 2 heterocycles. The molecule has 0 spiro atoms. The maximum Gasteiger partial charge on any atom is 0.151 e. The molecule has 4 aromatic rings. The molecule has 0 aliphatic carbocycles. The van der Waals surface area contributed by atoms with E-state index in [-0.39, 0.29) is 17.6 Å². The molecular formula is C25H23NO4S. The van der Waals surface area contributed by atoms with Crippen LogP contribution >= 0.6 is 11.3 Å². The predicted molar refractivity (Wildman–Crippen MR) is 124 cm³/mol. The van der Waals surface area contributed by atoms with Crippen LogP contribution in [-0.4, -0.2) is 42.4 Å². The molecule has 0 amide bonds. The smallest absolute Gasteiger partial charge is 0.151 e. The molecule has 158 valence electrons. The van der Waals surface area contributed by atoms with E-state index in [4.69, 9.17) is 9.47 Å². The van der Waals surface area contributed by atoms with E-state index in [0.29, 0.717) is 12.4 Å². The highest BCUT2D eigenvalue weighted by atomic mass is 32.1. The van der Waals surface area contributed by atoms with Gasteiger partial charge in [0.25, 0.3) is 0 Å². The normalized spacial score (nSPS) is 14.9. The fourth-order valence-corrected chi connectivity index (χ4v) is 5.16. The van der Waals surface area contributed by atoms with E-state index < -0.39 is 0 Å². The SMILES string of the molecule is CN(C)CCOc1ccc(C2Oc3cc(O)ccc3-c3sc4cc(O)ccc4c32)cc1. The maximum absolute atomic E-state index is 10.00. The van der Waals surface area contributed by atoms with Crippen molar-refractivity contribution >= 4 is 21.4 Å². The molecule has 1 aromatic heterocycles. The summed E-state index contributed by atoms with van der Waals surface area (Å²) in [6.07, 6.45) is -0.321. The van der Waals surface area contributed by atoms with E-state index in [1.807, 2.05) is 50.5 Å². The van der Waals surface area contributed by atoms with Crippen molar-refractivity contribution < 1.29 is 19.7 Å². The quantitative estimate of drug-likeness (QED) is 0.441. The van der Waals surface area contributed by atoms with Gasteiger partial charge < -0.3 is 24.6 Å². The number of likely N-dealkylation sites (N-methyl/N-ethyl adjacent to an activating group) is 1. The lowest BCUT2D eigenvalue weighted by Gasteiger charge is -2.27. The zero-order chi connectivity index (χ0) is 21.5. The van der Waals surface area contributed by atoms with Crippen molar-refractivity contribution in [2.24, 2.45) is 0 Å². The van der Waals surface area contributed by atoms with Gasteiger partial charge in [0.05, 0.1) is 0 Å². The molecule has 6 heteroatoms. The molecule has 31 heavy (non-hydrogen) atoms. The third-order valence-corrected chi connectivity index (χ3v) is 6.62. The number of thiophene rings is 1. The molecule has 0 bridgehead atoms. The number of ether oxygens (including phenoxy) is 2. The summed E-state index contributed by atoms with van der Waals surface area (Å²) in [4.78, 5) is 3.18. The lowest BCUT2D eigenvalue weighted by molar-refractivity contribution is 0.244. The zero-order valence-corrected chi connectivity index (χ0v) is 18.1. The van der Waals surface area contributed by atoms with Crippen molar-refractivity contribution in [1.82, 2.24) is 4.90 Å². The molecular weight excluding hydrogens is 410 g/mol. The van der Waals surface area contributed by atoms with Crippen LogP contribution < -0.4 is 9.47 Å². The first-order valence-corrected chi connectivity index (χ1v) is 10.9. The summed E-state index contributed by atoms with van der Waals surface area (Å²) >= 11 is 1.63. The van der Waals surface area contributed by atoms with E-state index in [0.717, 1.165) is 43.9 Å². The van der Waals surface area contributed by atoms with Gasteiger partial charge in [-0.2, -0.15) is 0 Å². The van der Waals surface area contributed by atoms with Gasteiger partial charge in [-0.1, -0.05) is 12.1 Å². The second-order valence-corrected chi connectivity index (χ2v) is 8.98. The number of hydrogen-bond donors (Lipinski definition) is 2. The van der Waals surface area contributed by atoms with Gasteiger partial charge in [0, 0.05) is 38.7 Å². The lowest BCUT2D eigenvalue weighted by Crippen LogP contribution is -2.19. The molecule has 0 saturated heterocycles. The van der Waals surface area contributed by atoms with Gasteiger partial charge in [-0.25, -0.2) is 0 Å². The molecule has 5 nitrogen and oxygen atoms in total. The summed E-state index contributed by atoms with van der Waals surface area (Å²) in [7, 11) is 4.04. The number of phenolic OH excluding ortho intramolecular Hbond substituents is 2. The fourth-order valence-electron chi connectivity index (χ4n) is 3.87. The van der Waals surface area contributed by atoms with Crippen LogP contribution in [0.5, 0.6) is 23.0 Å². The number of aromatic hydroxyl groups is 2. The van der Waals surface area contributed by atoms with E-state index in [1.165, 1.54) is 0 Å². The van der Waals surface area contributed by atoms with Gasteiger partial charge in [-0.05, 0) is 62.1 Å². The number of hydrogen-bond acceptors (Lipinski definition) is 6. The molecule has 0 saturated carbocycles. The van der Waals surface area contributed by atoms with Crippen LogP contribution in [0.2, 0.25) is 0 Å². The molecule has 1 atom stereocenters. The minimum absolute atomic E-state index is 0.171. The number of benzene rings is 3. The summed E-state index contributed by atoms with van der Waals surface area (Å²) in [6.45, 7) is 1.48. The largest absolute Gasteiger partial charge is 0.508 e.